The normalized spacial score (nSPS) is 24.6. The van der Waals surface area contributed by atoms with Gasteiger partial charge in [0.1, 0.15) is 0 Å². The van der Waals surface area contributed by atoms with E-state index >= 15 is 0 Å². The van der Waals surface area contributed by atoms with Crippen LogP contribution in [-0.4, -0.2) is 37.0 Å². The Morgan fingerprint density at radius 2 is 2.29 bits per heavy atom. The summed E-state index contributed by atoms with van der Waals surface area (Å²) in [5.74, 6) is -0.0389. The van der Waals surface area contributed by atoms with Gasteiger partial charge in [0.15, 0.2) is 0 Å². The lowest BCUT2D eigenvalue weighted by molar-refractivity contribution is -0.0301. The zero-order valence-corrected chi connectivity index (χ0v) is 8.18. The van der Waals surface area contributed by atoms with Crippen molar-refractivity contribution in [2.24, 2.45) is 11.7 Å². The molecule has 2 N–H and O–H groups in total. The predicted octanol–water partition coefficient (Wildman–Crippen LogP) is 0.926. The lowest BCUT2D eigenvalue weighted by atomic mass is 9.99. The summed E-state index contributed by atoms with van der Waals surface area (Å²) < 4.78 is 25.9. The van der Waals surface area contributed by atoms with Crippen LogP contribution in [0.25, 0.3) is 0 Å². The number of piperidine rings is 1. The molecule has 0 bridgehead atoms. The Bertz CT molecular complexity index is 223. The van der Waals surface area contributed by atoms with Gasteiger partial charge in [-0.25, -0.2) is 8.78 Å². The van der Waals surface area contributed by atoms with Crippen molar-refractivity contribution in [2.45, 2.75) is 18.8 Å². The molecule has 0 amide bonds. The number of terminal acetylenes is 1. The predicted molar refractivity (Wildman–Crippen MR) is 52.0 cm³/mol. The Kier molecular flexibility index (Phi) is 3.85. The van der Waals surface area contributed by atoms with Crippen LogP contribution in [0.2, 0.25) is 0 Å². The molecule has 1 fully saturated rings. The number of hydrogen-bond donors (Lipinski definition) is 1. The molecule has 0 aliphatic carbocycles. The largest absolute Gasteiger partial charge is 0.325 e. The average molecular weight is 202 g/mol. The maximum Gasteiger partial charge on any atom is 0.272 e. The van der Waals surface area contributed by atoms with Gasteiger partial charge in [-0.15, -0.1) is 12.3 Å². The summed E-state index contributed by atoms with van der Waals surface area (Å²) >= 11 is 0. The monoisotopic (exact) mass is 202 g/mol. The maximum atomic E-state index is 13.0. The van der Waals surface area contributed by atoms with Gasteiger partial charge in [-0.3, -0.25) is 4.90 Å². The molecule has 0 spiro atoms. The Hall–Kier alpha value is -0.660. The Labute approximate surface area is 83.4 Å². The number of hydrogen-bond acceptors (Lipinski definition) is 2. The first-order chi connectivity index (χ1) is 6.57. The fourth-order valence-electron chi connectivity index (χ4n) is 1.73. The van der Waals surface area contributed by atoms with Gasteiger partial charge in [-0.2, -0.15) is 0 Å². The molecule has 1 aliphatic rings. The quantitative estimate of drug-likeness (QED) is 0.690. The zero-order valence-electron chi connectivity index (χ0n) is 8.18. The molecule has 1 atom stereocenters. The molecule has 1 aliphatic heterocycles. The third-order valence-corrected chi connectivity index (χ3v) is 2.49. The molecule has 1 unspecified atom stereocenters. The topological polar surface area (TPSA) is 29.3 Å². The molecule has 2 nitrogen and oxygen atoms in total. The Morgan fingerprint density at radius 3 is 2.86 bits per heavy atom. The molecular weight excluding hydrogens is 186 g/mol. The van der Waals surface area contributed by atoms with Crippen molar-refractivity contribution < 1.29 is 8.78 Å². The highest BCUT2D eigenvalue weighted by atomic mass is 19.3. The van der Waals surface area contributed by atoms with E-state index in [0.29, 0.717) is 13.1 Å². The van der Waals surface area contributed by atoms with E-state index in [1.165, 1.54) is 0 Å². The number of likely N-dealkylation sites (tertiary alicyclic amines) is 1. The fourth-order valence-corrected chi connectivity index (χ4v) is 1.73. The summed E-state index contributed by atoms with van der Waals surface area (Å²) in [4.78, 5) is 1.71. The first-order valence-electron chi connectivity index (χ1n) is 4.84. The van der Waals surface area contributed by atoms with Gasteiger partial charge in [0, 0.05) is 12.5 Å². The number of halogens is 2. The summed E-state index contributed by atoms with van der Waals surface area (Å²) in [7, 11) is 0. The molecule has 1 saturated heterocycles. The number of alkyl halides is 2. The van der Waals surface area contributed by atoms with Crippen LogP contribution in [0.1, 0.15) is 12.8 Å². The molecule has 80 valence electrons. The van der Waals surface area contributed by atoms with E-state index < -0.39 is 12.5 Å². The molecule has 0 saturated carbocycles. The maximum absolute atomic E-state index is 13.0. The Balaban J connectivity index is 2.42. The van der Waals surface area contributed by atoms with E-state index in [1.54, 1.807) is 4.90 Å². The van der Waals surface area contributed by atoms with Crippen molar-refractivity contribution in [1.82, 2.24) is 4.90 Å². The van der Waals surface area contributed by atoms with Gasteiger partial charge in [0.25, 0.3) is 5.92 Å². The van der Waals surface area contributed by atoms with Crippen LogP contribution in [0.5, 0.6) is 0 Å². The van der Waals surface area contributed by atoms with Crippen molar-refractivity contribution in [3.05, 3.63) is 0 Å². The second kappa shape index (κ2) is 4.72. The SMILES string of the molecule is C#CC1CCCN(CC(F)(F)CN)C1. The standard InChI is InChI=1S/C10H16F2N2/c1-2-9-4-3-5-14(6-9)8-10(11,12)7-13/h1,9H,3-8,13H2. The smallest absolute Gasteiger partial charge is 0.272 e. The van der Waals surface area contributed by atoms with E-state index in [4.69, 9.17) is 12.2 Å². The molecule has 0 aromatic heterocycles. The second-order valence-electron chi connectivity index (χ2n) is 3.80. The van der Waals surface area contributed by atoms with Crippen LogP contribution in [0.15, 0.2) is 0 Å². The van der Waals surface area contributed by atoms with Gasteiger partial charge in [-0.1, -0.05) is 0 Å². The third kappa shape index (κ3) is 3.24. The van der Waals surface area contributed by atoms with E-state index in [9.17, 15) is 8.78 Å². The van der Waals surface area contributed by atoms with Crippen LogP contribution >= 0.6 is 0 Å². The first kappa shape index (κ1) is 11.4. The summed E-state index contributed by atoms with van der Waals surface area (Å²) in [5.41, 5.74) is 4.97. The van der Waals surface area contributed by atoms with E-state index in [1.807, 2.05) is 0 Å². The molecule has 14 heavy (non-hydrogen) atoms. The van der Waals surface area contributed by atoms with E-state index in [2.05, 4.69) is 5.92 Å². The van der Waals surface area contributed by atoms with Crippen molar-refractivity contribution in [3.8, 4) is 12.3 Å². The third-order valence-electron chi connectivity index (χ3n) is 2.49. The molecule has 1 heterocycles. The van der Waals surface area contributed by atoms with Crippen molar-refractivity contribution in [3.63, 3.8) is 0 Å². The number of nitrogens with two attached hydrogens (primary N) is 1. The lowest BCUT2D eigenvalue weighted by Crippen LogP contribution is -2.45. The van der Waals surface area contributed by atoms with Crippen LogP contribution in [0, 0.1) is 18.3 Å². The molecule has 0 aromatic rings. The van der Waals surface area contributed by atoms with Crippen molar-refractivity contribution in [1.29, 1.82) is 0 Å². The Morgan fingerprint density at radius 1 is 1.57 bits per heavy atom. The second-order valence-corrected chi connectivity index (χ2v) is 3.80. The molecule has 4 heteroatoms. The average Bonchev–Trinajstić information content (AvgIpc) is 2.17. The van der Waals surface area contributed by atoms with Crippen LogP contribution in [0.3, 0.4) is 0 Å². The van der Waals surface area contributed by atoms with Crippen molar-refractivity contribution >= 4 is 0 Å². The van der Waals surface area contributed by atoms with E-state index in [-0.39, 0.29) is 12.5 Å². The minimum Gasteiger partial charge on any atom is -0.325 e. The summed E-state index contributed by atoms with van der Waals surface area (Å²) in [5, 5.41) is 0. The van der Waals surface area contributed by atoms with Gasteiger partial charge in [-0.05, 0) is 19.4 Å². The van der Waals surface area contributed by atoms with Crippen molar-refractivity contribution in [2.75, 3.05) is 26.2 Å². The van der Waals surface area contributed by atoms with Gasteiger partial charge in [0.2, 0.25) is 0 Å². The highest BCUT2D eigenvalue weighted by molar-refractivity contribution is 4.96. The molecule has 0 radical (unpaired) electrons. The summed E-state index contributed by atoms with van der Waals surface area (Å²) in [6.45, 7) is 0.422. The minimum atomic E-state index is -2.78. The number of rotatable bonds is 3. The first-order valence-corrected chi connectivity index (χ1v) is 4.84. The highest BCUT2D eigenvalue weighted by Crippen LogP contribution is 2.20. The summed E-state index contributed by atoms with van der Waals surface area (Å²) in [6, 6.07) is 0. The minimum absolute atomic E-state index is 0.123. The molecule has 0 aromatic carbocycles. The summed E-state index contributed by atoms with van der Waals surface area (Å²) in [6.07, 6.45) is 7.12. The fraction of sp³-hybridized carbons (Fsp3) is 0.800. The van der Waals surface area contributed by atoms with Crippen LogP contribution in [-0.2, 0) is 0 Å². The van der Waals surface area contributed by atoms with Gasteiger partial charge in [0.05, 0.1) is 13.1 Å². The van der Waals surface area contributed by atoms with Crippen LogP contribution < -0.4 is 5.73 Å². The van der Waals surface area contributed by atoms with Gasteiger partial charge < -0.3 is 5.73 Å². The van der Waals surface area contributed by atoms with Crippen LogP contribution in [0.4, 0.5) is 8.78 Å². The highest BCUT2D eigenvalue weighted by Gasteiger charge is 2.31. The zero-order chi connectivity index (χ0) is 10.6. The molecular formula is C10H16F2N2. The molecule has 1 rings (SSSR count). The lowest BCUT2D eigenvalue weighted by Gasteiger charge is -2.32. The van der Waals surface area contributed by atoms with E-state index in [0.717, 1.165) is 12.8 Å². The number of nitrogens with zero attached hydrogens (tertiary/aromatic N) is 1. The van der Waals surface area contributed by atoms with Gasteiger partial charge >= 0.3 is 0 Å².